The lowest BCUT2D eigenvalue weighted by atomic mass is 9.95. The van der Waals surface area contributed by atoms with Gasteiger partial charge in [-0.05, 0) is 7.05 Å². The van der Waals surface area contributed by atoms with Crippen LogP contribution in [0.25, 0.3) is 0 Å². The molecular weight excluding hydrogens is 116 g/mol. The molecule has 0 aromatic carbocycles. The highest BCUT2D eigenvalue weighted by Gasteiger charge is 2.38. The molecular formula is C6H12N2O. The smallest absolute Gasteiger partial charge is 0.104 e. The summed E-state index contributed by atoms with van der Waals surface area (Å²) in [5.74, 6) is 0. The lowest BCUT2D eigenvalue weighted by Crippen LogP contribution is -2.61. The van der Waals surface area contributed by atoms with Crippen LogP contribution in [0, 0.1) is 0 Å². The molecule has 1 heterocycles. The van der Waals surface area contributed by atoms with Crippen LogP contribution < -0.4 is 11.1 Å². The fourth-order valence-corrected chi connectivity index (χ4v) is 0.796. The van der Waals surface area contributed by atoms with Crippen LogP contribution in [0.5, 0.6) is 0 Å². The maximum Gasteiger partial charge on any atom is 0.104 e. The van der Waals surface area contributed by atoms with Crippen molar-refractivity contribution in [1.29, 1.82) is 0 Å². The van der Waals surface area contributed by atoms with E-state index in [1.165, 1.54) is 0 Å². The van der Waals surface area contributed by atoms with Gasteiger partial charge in [-0.15, -0.1) is 0 Å². The molecule has 1 aliphatic heterocycles. The molecule has 0 unspecified atom stereocenters. The number of hydrogen-bond acceptors (Lipinski definition) is 3. The van der Waals surface area contributed by atoms with Crippen molar-refractivity contribution in [3.8, 4) is 0 Å². The molecule has 52 valence electrons. The first-order valence-electron chi connectivity index (χ1n) is 2.93. The van der Waals surface area contributed by atoms with Crippen LogP contribution in [-0.4, -0.2) is 25.8 Å². The lowest BCUT2D eigenvalue weighted by molar-refractivity contribution is -0.0507. The minimum Gasteiger partial charge on any atom is -0.401 e. The summed E-state index contributed by atoms with van der Waals surface area (Å²) >= 11 is 0. The molecule has 0 amide bonds. The summed E-state index contributed by atoms with van der Waals surface area (Å²) in [6.45, 7) is 4.96. The van der Waals surface area contributed by atoms with Gasteiger partial charge in [0.15, 0.2) is 0 Å². The van der Waals surface area contributed by atoms with Crippen LogP contribution >= 0.6 is 0 Å². The van der Waals surface area contributed by atoms with Gasteiger partial charge in [0.2, 0.25) is 0 Å². The highest BCUT2D eigenvalue weighted by atomic mass is 16.5. The molecule has 0 radical (unpaired) electrons. The van der Waals surface area contributed by atoms with Crippen molar-refractivity contribution < 1.29 is 4.74 Å². The monoisotopic (exact) mass is 128 g/mol. The minimum absolute atomic E-state index is 0.125. The number of ether oxygens (including phenoxy) is 1. The largest absolute Gasteiger partial charge is 0.401 e. The third-order valence-corrected chi connectivity index (χ3v) is 1.79. The van der Waals surface area contributed by atoms with Crippen LogP contribution in [0.4, 0.5) is 0 Å². The van der Waals surface area contributed by atoms with Gasteiger partial charge in [-0.25, -0.2) is 0 Å². The zero-order valence-corrected chi connectivity index (χ0v) is 5.61. The summed E-state index contributed by atoms with van der Waals surface area (Å²) in [5.41, 5.74) is 6.04. The van der Waals surface area contributed by atoms with E-state index in [1.54, 1.807) is 0 Å². The Hall–Kier alpha value is -0.540. The number of nitrogens with one attached hydrogen (secondary N) is 1. The Kier molecular flexibility index (Phi) is 1.47. The van der Waals surface area contributed by atoms with Gasteiger partial charge >= 0.3 is 0 Å². The van der Waals surface area contributed by atoms with Gasteiger partial charge in [-0.3, -0.25) is 0 Å². The van der Waals surface area contributed by atoms with E-state index in [9.17, 15) is 0 Å². The molecule has 0 spiro atoms. The molecule has 0 atom stereocenters. The van der Waals surface area contributed by atoms with E-state index >= 15 is 0 Å². The second kappa shape index (κ2) is 2.01. The van der Waals surface area contributed by atoms with Gasteiger partial charge in [-0.1, -0.05) is 6.58 Å². The molecule has 0 bridgehead atoms. The van der Waals surface area contributed by atoms with Crippen molar-refractivity contribution in [2.24, 2.45) is 5.73 Å². The molecule has 0 aromatic rings. The Morgan fingerprint density at radius 2 is 2.33 bits per heavy atom. The van der Waals surface area contributed by atoms with Crippen LogP contribution in [-0.2, 0) is 4.74 Å². The second-order valence-electron chi connectivity index (χ2n) is 2.35. The first-order valence-corrected chi connectivity index (χ1v) is 2.93. The molecule has 0 aliphatic carbocycles. The first-order chi connectivity index (χ1) is 4.21. The Morgan fingerprint density at radius 1 is 1.78 bits per heavy atom. The van der Waals surface area contributed by atoms with E-state index in [0.29, 0.717) is 18.9 Å². The molecule has 1 saturated heterocycles. The molecule has 3 nitrogen and oxygen atoms in total. The number of likely N-dealkylation sites (N-methyl/N-ethyl adjacent to an activating group) is 1. The van der Waals surface area contributed by atoms with Crippen LogP contribution in [0.15, 0.2) is 12.3 Å². The first kappa shape index (κ1) is 6.58. The molecule has 3 heteroatoms. The Labute approximate surface area is 54.9 Å². The van der Waals surface area contributed by atoms with Crippen molar-refractivity contribution in [2.45, 2.75) is 5.54 Å². The normalized spacial score (nSPS) is 22.8. The molecule has 1 rings (SSSR count). The molecule has 1 aliphatic rings. The summed E-state index contributed by atoms with van der Waals surface area (Å²) in [6, 6.07) is 0. The molecule has 9 heavy (non-hydrogen) atoms. The summed E-state index contributed by atoms with van der Waals surface area (Å²) in [6.07, 6.45) is 0. The predicted octanol–water partition coefficient (Wildman–Crippen LogP) is -0.553. The maximum atomic E-state index is 5.51. The van der Waals surface area contributed by atoms with Gasteiger partial charge in [0.05, 0.1) is 13.2 Å². The molecule has 0 aromatic heterocycles. The number of nitrogens with two attached hydrogens (primary N) is 1. The zero-order valence-electron chi connectivity index (χ0n) is 5.61. The van der Waals surface area contributed by atoms with Crippen molar-refractivity contribution >= 4 is 0 Å². The van der Waals surface area contributed by atoms with Crippen molar-refractivity contribution in [2.75, 3.05) is 20.3 Å². The van der Waals surface area contributed by atoms with Gasteiger partial charge in [0, 0.05) is 5.70 Å². The Balaban J connectivity index is 2.57. The van der Waals surface area contributed by atoms with Gasteiger partial charge in [0.25, 0.3) is 0 Å². The zero-order chi connectivity index (χ0) is 6.91. The van der Waals surface area contributed by atoms with Gasteiger partial charge < -0.3 is 15.8 Å². The predicted molar refractivity (Wildman–Crippen MR) is 35.9 cm³/mol. The van der Waals surface area contributed by atoms with E-state index in [0.717, 1.165) is 0 Å². The SMILES string of the molecule is C=C(N)C1(NC)COC1. The highest BCUT2D eigenvalue weighted by Crippen LogP contribution is 2.20. The van der Waals surface area contributed by atoms with Crippen molar-refractivity contribution in [3.63, 3.8) is 0 Å². The van der Waals surface area contributed by atoms with E-state index < -0.39 is 0 Å². The summed E-state index contributed by atoms with van der Waals surface area (Å²) in [4.78, 5) is 0. The minimum atomic E-state index is -0.125. The van der Waals surface area contributed by atoms with E-state index in [4.69, 9.17) is 10.5 Å². The fourth-order valence-electron chi connectivity index (χ4n) is 0.796. The van der Waals surface area contributed by atoms with Crippen LogP contribution in [0.3, 0.4) is 0 Å². The lowest BCUT2D eigenvalue weighted by Gasteiger charge is -2.41. The molecule has 0 saturated carbocycles. The van der Waals surface area contributed by atoms with Crippen molar-refractivity contribution in [1.82, 2.24) is 5.32 Å². The third-order valence-electron chi connectivity index (χ3n) is 1.79. The average molecular weight is 128 g/mol. The molecule has 3 N–H and O–H groups in total. The maximum absolute atomic E-state index is 5.51. The summed E-state index contributed by atoms with van der Waals surface area (Å²) in [5, 5.41) is 3.06. The highest BCUT2D eigenvalue weighted by molar-refractivity contribution is 5.17. The van der Waals surface area contributed by atoms with E-state index in [-0.39, 0.29) is 5.54 Å². The van der Waals surface area contributed by atoms with Crippen LogP contribution in [0.1, 0.15) is 0 Å². The second-order valence-corrected chi connectivity index (χ2v) is 2.35. The van der Waals surface area contributed by atoms with Gasteiger partial charge in [0.1, 0.15) is 5.54 Å². The topological polar surface area (TPSA) is 47.3 Å². The van der Waals surface area contributed by atoms with E-state index in [1.807, 2.05) is 7.05 Å². The average Bonchev–Trinajstić information content (AvgIpc) is 1.62. The number of rotatable bonds is 2. The van der Waals surface area contributed by atoms with Crippen LogP contribution in [0.2, 0.25) is 0 Å². The van der Waals surface area contributed by atoms with Gasteiger partial charge in [-0.2, -0.15) is 0 Å². The fraction of sp³-hybridized carbons (Fsp3) is 0.667. The van der Waals surface area contributed by atoms with Crippen molar-refractivity contribution in [3.05, 3.63) is 12.3 Å². The Bertz CT molecular complexity index is 124. The number of hydrogen-bond donors (Lipinski definition) is 2. The standard InChI is InChI=1S/C6H12N2O/c1-5(7)6(8-2)3-9-4-6/h8H,1,3-4,7H2,2H3. The quantitative estimate of drug-likeness (QED) is 0.524. The van der Waals surface area contributed by atoms with E-state index in [2.05, 4.69) is 11.9 Å². The Morgan fingerprint density at radius 3 is 2.33 bits per heavy atom. The third kappa shape index (κ3) is 0.821. The summed E-state index contributed by atoms with van der Waals surface area (Å²) < 4.78 is 4.99. The molecule has 1 fully saturated rings. The summed E-state index contributed by atoms with van der Waals surface area (Å²) in [7, 11) is 1.86.